The summed E-state index contributed by atoms with van der Waals surface area (Å²) in [5.41, 5.74) is 2.25. The zero-order chi connectivity index (χ0) is 15.2. The van der Waals surface area contributed by atoms with Crippen molar-refractivity contribution >= 4 is 40.2 Å². The topological polar surface area (TPSA) is 15.3 Å². The van der Waals surface area contributed by atoms with Crippen LogP contribution in [0.3, 0.4) is 0 Å². The summed E-state index contributed by atoms with van der Waals surface area (Å²) in [7, 11) is 2.05. The Bertz CT molecular complexity index is 583. The van der Waals surface area contributed by atoms with Gasteiger partial charge in [-0.25, -0.2) is 0 Å². The van der Waals surface area contributed by atoms with Crippen LogP contribution in [0.1, 0.15) is 23.8 Å². The summed E-state index contributed by atoms with van der Waals surface area (Å²) in [4.78, 5) is 3.38. The van der Waals surface area contributed by atoms with E-state index in [1.54, 1.807) is 11.3 Å². The number of thiophene rings is 1. The largest absolute Gasteiger partial charge is 0.368 e. The zero-order valence-corrected chi connectivity index (χ0v) is 14.7. The lowest BCUT2D eigenvalue weighted by atomic mass is 10.2. The highest BCUT2D eigenvalue weighted by atomic mass is 35.5. The molecule has 0 saturated carbocycles. The SMILES string of the molecule is CCCNCc1ccc(N(C)Cc2ccc(Cl)s2)c(Cl)c1. The molecule has 2 nitrogen and oxygen atoms in total. The Morgan fingerprint density at radius 3 is 2.62 bits per heavy atom. The van der Waals surface area contributed by atoms with Crippen molar-refractivity contribution in [2.75, 3.05) is 18.5 Å². The number of nitrogens with zero attached hydrogens (tertiary/aromatic N) is 1. The molecule has 2 rings (SSSR count). The van der Waals surface area contributed by atoms with Crippen LogP contribution in [0.25, 0.3) is 0 Å². The van der Waals surface area contributed by atoms with Gasteiger partial charge in [0.1, 0.15) is 0 Å². The van der Waals surface area contributed by atoms with Gasteiger partial charge in [0, 0.05) is 18.5 Å². The molecule has 0 spiro atoms. The second kappa shape index (κ2) is 8.04. The molecule has 114 valence electrons. The molecule has 0 aliphatic rings. The zero-order valence-electron chi connectivity index (χ0n) is 12.3. The minimum atomic E-state index is 0.788. The maximum Gasteiger partial charge on any atom is 0.0931 e. The van der Waals surface area contributed by atoms with Crippen LogP contribution in [0.15, 0.2) is 30.3 Å². The summed E-state index contributed by atoms with van der Waals surface area (Å²) in [6, 6.07) is 10.2. The van der Waals surface area contributed by atoms with Crippen molar-refractivity contribution in [3.8, 4) is 0 Å². The minimum absolute atomic E-state index is 0.788. The molecule has 1 aromatic heterocycles. The normalized spacial score (nSPS) is 10.9. The first-order valence-corrected chi connectivity index (χ1v) is 8.62. The third kappa shape index (κ3) is 4.89. The molecule has 0 radical (unpaired) electrons. The predicted molar refractivity (Wildman–Crippen MR) is 94.9 cm³/mol. The van der Waals surface area contributed by atoms with Gasteiger partial charge in [-0.3, -0.25) is 0 Å². The summed E-state index contributed by atoms with van der Waals surface area (Å²) in [6.07, 6.45) is 1.14. The molecule has 0 unspecified atom stereocenters. The molecule has 1 heterocycles. The van der Waals surface area contributed by atoms with E-state index in [1.807, 2.05) is 19.2 Å². The Morgan fingerprint density at radius 1 is 1.19 bits per heavy atom. The standard InChI is InChI=1S/C16H20Cl2N2S/c1-3-8-19-10-12-4-6-15(14(17)9-12)20(2)11-13-5-7-16(18)21-13/h4-7,9,19H,3,8,10-11H2,1-2H3. The number of nitrogens with one attached hydrogen (secondary N) is 1. The van der Waals surface area contributed by atoms with Crippen molar-refractivity contribution in [2.24, 2.45) is 0 Å². The van der Waals surface area contributed by atoms with Crippen molar-refractivity contribution in [1.82, 2.24) is 5.32 Å². The van der Waals surface area contributed by atoms with Gasteiger partial charge in [-0.2, -0.15) is 0 Å². The van der Waals surface area contributed by atoms with Crippen LogP contribution in [0.4, 0.5) is 5.69 Å². The van der Waals surface area contributed by atoms with Crippen molar-refractivity contribution in [3.05, 3.63) is 50.1 Å². The summed E-state index contributed by atoms with van der Waals surface area (Å²) in [5, 5.41) is 4.17. The van der Waals surface area contributed by atoms with Crippen molar-refractivity contribution in [3.63, 3.8) is 0 Å². The Kier molecular flexibility index (Phi) is 6.37. The molecule has 1 aromatic carbocycles. The molecule has 0 saturated heterocycles. The van der Waals surface area contributed by atoms with Gasteiger partial charge in [0.15, 0.2) is 0 Å². The van der Waals surface area contributed by atoms with E-state index in [-0.39, 0.29) is 0 Å². The number of benzene rings is 1. The van der Waals surface area contributed by atoms with Crippen LogP contribution < -0.4 is 10.2 Å². The summed E-state index contributed by atoms with van der Waals surface area (Å²) < 4.78 is 0.821. The van der Waals surface area contributed by atoms with Crippen molar-refractivity contribution < 1.29 is 0 Å². The van der Waals surface area contributed by atoms with E-state index in [9.17, 15) is 0 Å². The monoisotopic (exact) mass is 342 g/mol. The average molecular weight is 343 g/mol. The highest BCUT2D eigenvalue weighted by Gasteiger charge is 2.09. The van der Waals surface area contributed by atoms with E-state index in [2.05, 4.69) is 35.3 Å². The van der Waals surface area contributed by atoms with Gasteiger partial charge in [-0.15, -0.1) is 11.3 Å². The van der Waals surface area contributed by atoms with E-state index in [0.717, 1.165) is 41.1 Å². The molecule has 0 aliphatic heterocycles. The molecule has 0 atom stereocenters. The second-order valence-corrected chi connectivity index (χ2v) is 7.23. The predicted octanol–water partition coefficient (Wildman–Crippen LogP) is 5.19. The molecule has 5 heteroatoms. The van der Waals surface area contributed by atoms with Gasteiger partial charge in [-0.1, -0.05) is 36.2 Å². The number of anilines is 1. The van der Waals surface area contributed by atoms with Crippen LogP contribution >= 0.6 is 34.5 Å². The Morgan fingerprint density at radius 2 is 2.00 bits per heavy atom. The summed E-state index contributed by atoms with van der Waals surface area (Å²) >= 11 is 14.0. The van der Waals surface area contributed by atoms with E-state index in [1.165, 1.54) is 10.4 Å². The highest BCUT2D eigenvalue weighted by Crippen LogP contribution is 2.29. The van der Waals surface area contributed by atoms with Gasteiger partial charge in [0.05, 0.1) is 21.6 Å². The number of rotatable bonds is 7. The first-order chi connectivity index (χ1) is 10.1. The lowest BCUT2D eigenvalue weighted by Crippen LogP contribution is -2.17. The van der Waals surface area contributed by atoms with Crippen LogP contribution in [-0.4, -0.2) is 13.6 Å². The van der Waals surface area contributed by atoms with Crippen molar-refractivity contribution in [2.45, 2.75) is 26.4 Å². The van der Waals surface area contributed by atoms with Gasteiger partial charge >= 0.3 is 0 Å². The Hall–Kier alpha value is -0.740. The Balaban J connectivity index is 2.02. The third-order valence-electron chi connectivity index (χ3n) is 3.20. The first kappa shape index (κ1) is 16.6. The molecule has 21 heavy (non-hydrogen) atoms. The Labute approximate surface area is 140 Å². The van der Waals surface area contributed by atoms with Gasteiger partial charge in [-0.05, 0) is 42.8 Å². The maximum atomic E-state index is 6.42. The van der Waals surface area contributed by atoms with Gasteiger partial charge < -0.3 is 10.2 Å². The van der Waals surface area contributed by atoms with E-state index >= 15 is 0 Å². The smallest absolute Gasteiger partial charge is 0.0931 e. The molecule has 0 fully saturated rings. The molecule has 0 amide bonds. The fourth-order valence-corrected chi connectivity index (χ4v) is 3.62. The lowest BCUT2D eigenvalue weighted by molar-refractivity contribution is 0.675. The van der Waals surface area contributed by atoms with Gasteiger partial charge in [0.2, 0.25) is 0 Å². The molecular formula is C16H20Cl2N2S. The number of halogens is 2. The average Bonchev–Trinajstić information content (AvgIpc) is 2.84. The summed E-state index contributed by atoms with van der Waals surface area (Å²) in [6.45, 7) is 4.86. The van der Waals surface area contributed by atoms with Gasteiger partial charge in [0.25, 0.3) is 0 Å². The van der Waals surface area contributed by atoms with Crippen molar-refractivity contribution in [1.29, 1.82) is 0 Å². The van der Waals surface area contributed by atoms with Crippen LogP contribution in [0, 0.1) is 0 Å². The fraction of sp³-hybridized carbons (Fsp3) is 0.375. The highest BCUT2D eigenvalue weighted by molar-refractivity contribution is 7.16. The maximum absolute atomic E-state index is 6.42. The first-order valence-electron chi connectivity index (χ1n) is 7.04. The molecule has 2 aromatic rings. The van der Waals surface area contributed by atoms with E-state index in [0.29, 0.717) is 0 Å². The fourth-order valence-electron chi connectivity index (χ4n) is 2.14. The molecule has 0 aliphatic carbocycles. The van der Waals surface area contributed by atoms with E-state index in [4.69, 9.17) is 23.2 Å². The molecule has 1 N–H and O–H groups in total. The van der Waals surface area contributed by atoms with Crippen LogP contribution in [-0.2, 0) is 13.1 Å². The second-order valence-electron chi connectivity index (χ2n) is 5.02. The van der Waals surface area contributed by atoms with E-state index < -0.39 is 0 Å². The number of hydrogen-bond donors (Lipinski definition) is 1. The van der Waals surface area contributed by atoms with Crippen LogP contribution in [0.5, 0.6) is 0 Å². The molecule has 0 bridgehead atoms. The minimum Gasteiger partial charge on any atom is -0.368 e. The van der Waals surface area contributed by atoms with Crippen LogP contribution in [0.2, 0.25) is 9.36 Å². The summed E-state index contributed by atoms with van der Waals surface area (Å²) in [5.74, 6) is 0. The quantitative estimate of drug-likeness (QED) is 0.696. The third-order valence-corrected chi connectivity index (χ3v) is 4.72. The lowest BCUT2D eigenvalue weighted by Gasteiger charge is -2.20. The molecular weight excluding hydrogens is 323 g/mol. The number of hydrogen-bond acceptors (Lipinski definition) is 3.